The van der Waals surface area contributed by atoms with Crippen LogP contribution in [0.4, 0.5) is 10.5 Å². The highest BCUT2D eigenvalue weighted by Crippen LogP contribution is 2.35. The van der Waals surface area contributed by atoms with Gasteiger partial charge in [0.25, 0.3) is 16.8 Å². The number of hydrogen-bond donors (Lipinski definition) is 0. The van der Waals surface area contributed by atoms with Crippen LogP contribution in [-0.4, -0.2) is 40.1 Å². The number of nitrogens with zero attached hydrogens (tertiary/aromatic N) is 2. The molecule has 120 valence electrons. The fourth-order valence-electron chi connectivity index (χ4n) is 2.01. The van der Waals surface area contributed by atoms with Gasteiger partial charge in [-0.15, -0.1) is 0 Å². The van der Waals surface area contributed by atoms with Gasteiger partial charge in [0.1, 0.15) is 6.04 Å². The molecule has 1 aromatic rings. The van der Waals surface area contributed by atoms with Gasteiger partial charge in [0.2, 0.25) is 0 Å². The maximum absolute atomic E-state index is 12.3. The first-order chi connectivity index (χ1) is 10.9. The molecule has 8 nitrogen and oxygen atoms in total. The van der Waals surface area contributed by atoms with E-state index in [1.165, 1.54) is 31.2 Å². The molecule has 1 heterocycles. The molecule has 2 amide bonds. The van der Waals surface area contributed by atoms with Gasteiger partial charge < -0.3 is 4.74 Å². The minimum atomic E-state index is -1.07. The number of imide groups is 1. The molecule has 1 saturated heterocycles. The maximum atomic E-state index is 12.3. The molecule has 1 fully saturated rings. The van der Waals surface area contributed by atoms with Gasteiger partial charge in [-0.25, -0.2) is 4.79 Å². The summed E-state index contributed by atoms with van der Waals surface area (Å²) in [6.45, 7) is 1.37. The first-order valence-corrected chi connectivity index (χ1v) is 7.26. The number of carbonyl (C=O) groups is 3. The molecule has 23 heavy (non-hydrogen) atoms. The molecular weight excluding hydrogens is 324 g/mol. The number of benzene rings is 1. The Bertz CT molecular complexity index is 730. The number of nitro benzene ring substituents is 1. The normalized spacial score (nSPS) is 17.5. The first-order valence-electron chi connectivity index (χ1n) is 6.45. The quantitative estimate of drug-likeness (QED) is 0.359. The van der Waals surface area contributed by atoms with Gasteiger partial charge in [-0.1, -0.05) is 12.1 Å². The second-order valence-electron chi connectivity index (χ2n) is 4.57. The lowest BCUT2D eigenvalue weighted by Gasteiger charge is -2.18. The highest BCUT2D eigenvalue weighted by molar-refractivity contribution is 8.18. The molecule has 0 unspecified atom stereocenters. The summed E-state index contributed by atoms with van der Waals surface area (Å²) in [6.07, 6.45) is 1.27. The monoisotopic (exact) mass is 336 g/mol. The van der Waals surface area contributed by atoms with Gasteiger partial charge in [-0.3, -0.25) is 24.6 Å². The summed E-state index contributed by atoms with van der Waals surface area (Å²) < 4.78 is 4.52. The molecule has 0 saturated carbocycles. The molecule has 0 radical (unpaired) electrons. The Balaban J connectivity index is 2.36. The minimum Gasteiger partial charge on any atom is -0.467 e. The number of thioether (sulfide) groups is 1. The van der Waals surface area contributed by atoms with Crippen LogP contribution in [0.5, 0.6) is 0 Å². The third-order valence-corrected chi connectivity index (χ3v) is 4.06. The van der Waals surface area contributed by atoms with E-state index in [9.17, 15) is 24.5 Å². The van der Waals surface area contributed by atoms with Crippen LogP contribution in [0.3, 0.4) is 0 Å². The Labute approximate surface area is 135 Å². The lowest BCUT2D eigenvalue weighted by Crippen LogP contribution is -2.42. The number of ether oxygens (including phenoxy) is 1. The van der Waals surface area contributed by atoms with Crippen molar-refractivity contribution in [2.24, 2.45) is 0 Å². The smallest absolute Gasteiger partial charge is 0.328 e. The molecule has 1 aliphatic heterocycles. The summed E-state index contributed by atoms with van der Waals surface area (Å²) in [7, 11) is 1.15. The van der Waals surface area contributed by atoms with E-state index in [0.717, 1.165) is 12.0 Å². The Morgan fingerprint density at radius 2 is 2.04 bits per heavy atom. The number of amides is 2. The number of nitro groups is 1. The van der Waals surface area contributed by atoms with Gasteiger partial charge in [-0.05, 0) is 30.8 Å². The third kappa shape index (κ3) is 3.24. The molecule has 1 aliphatic rings. The maximum Gasteiger partial charge on any atom is 0.328 e. The van der Waals surface area contributed by atoms with Crippen molar-refractivity contribution >= 4 is 40.6 Å². The van der Waals surface area contributed by atoms with Crippen LogP contribution in [0.2, 0.25) is 0 Å². The zero-order chi connectivity index (χ0) is 17.1. The minimum absolute atomic E-state index is 0.0139. The molecule has 0 aromatic heterocycles. The van der Waals surface area contributed by atoms with Crippen molar-refractivity contribution in [3.05, 3.63) is 44.8 Å². The van der Waals surface area contributed by atoms with Crippen LogP contribution in [0.15, 0.2) is 29.2 Å². The van der Waals surface area contributed by atoms with Crippen LogP contribution < -0.4 is 0 Å². The molecule has 0 spiro atoms. The van der Waals surface area contributed by atoms with Gasteiger partial charge in [0.15, 0.2) is 0 Å². The van der Waals surface area contributed by atoms with E-state index in [1.54, 1.807) is 6.07 Å². The van der Waals surface area contributed by atoms with Crippen LogP contribution >= 0.6 is 11.8 Å². The van der Waals surface area contributed by atoms with Crippen LogP contribution in [-0.2, 0) is 14.3 Å². The van der Waals surface area contributed by atoms with E-state index in [-0.39, 0.29) is 16.2 Å². The lowest BCUT2D eigenvalue weighted by atomic mass is 10.1. The average molecular weight is 336 g/mol. The number of methoxy groups -OCH3 is 1. The molecular formula is C14H12N2O6S. The van der Waals surface area contributed by atoms with E-state index in [4.69, 9.17) is 0 Å². The number of hydrogen-bond acceptors (Lipinski definition) is 7. The predicted molar refractivity (Wildman–Crippen MR) is 82.4 cm³/mol. The number of esters is 1. The van der Waals surface area contributed by atoms with Gasteiger partial charge in [-0.2, -0.15) is 0 Å². The largest absolute Gasteiger partial charge is 0.467 e. The molecule has 1 aromatic carbocycles. The number of para-hydroxylation sites is 1. The van der Waals surface area contributed by atoms with Gasteiger partial charge >= 0.3 is 5.97 Å². The van der Waals surface area contributed by atoms with Crippen molar-refractivity contribution in [1.82, 2.24) is 4.90 Å². The van der Waals surface area contributed by atoms with Crippen molar-refractivity contribution < 1.29 is 24.0 Å². The van der Waals surface area contributed by atoms with Gasteiger partial charge in [0.05, 0.1) is 22.5 Å². The van der Waals surface area contributed by atoms with Crippen molar-refractivity contribution in [1.29, 1.82) is 0 Å². The molecule has 0 aliphatic carbocycles. The molecule has 9 heteroatoms. The summed E-state index contributed by atoms with van der Waals surface area (Å²) in [5.74, 6) is -1.41. The predicted octanol–water partition coefficient (Wildman–Crippen LogP) is 2.19. The van der Waals surface area contributed by atoms with Gasteiger partial charge in [0, 0.05) is 6.07 Å². The Morgan fingerprint density at radius 1 is 1.39 bits per heavy atom. The number of carbonyl (C=O) groups excluding carboxylic acids is 3. The third-order valence-electron chi connectivity index (χ3n) is 3.17. The highest BCUT2D eigenvalue weighted by atomic mass is 32.2. The summed E-state index contributed by atoms with van der Waals surface area (Å²) in [5, 5.41) is 10.4. The van der Waals surface area contributed by atoms with Crippen LogP contribution in [0.25, 0.3) is 6.08 Å². The topological polar surface area (TPSA) is 107 Å². The van der Waals surface area contributed by atoms with E-state index in [1.807, 2.05) is 0 Å². The zero-order valence-electron chi connectivity index (χ0n) is 12.2. The molecule has 0 N–H and O–H groups in total. The summed E-state index contributed by atoms with van der Waals surface area (Å²) >= 11 is 0.621. The summed E-state index contributed by atoms with van der Waals surface area (Å²) in [4.78, 5) is 47.0. The Morgan fingerprint density at radius 3 is 2.65 bits per heavy atom. The van der Waals surface area contributed by atoms with Crippen LogP contribution in [0, 0.1) is 10.1 Å². The first kappa shape index (κ1) is 16.7. The summed E-state index contributed by atoms with van der Waals surface area (Å²) in [6, 6.07) is 4.79. The van der Waals surface area contributed by atoms with E-state index in [0.29, 0.717) is 11.8 Å². The Hall–Kier alpha value is -2.68. The van der Waals surface area contributed by atoms with Crippen LogP contribution in [0.1, 0.15) is 12.5 Å². The molecule has 0 bridgehead atoms. The van der Waals surface area contributed by atoms with E-state index >= 15 is 0 Å². The lowest BCUT2D eigenvalue weighted by molar-refractivity contribution is -0.385. The fraction of sp³-hybridized carbons (Fsp3) is 0.214. The van der Waals surface area contributed by atoms with Crippen molar-refractivity contribution in [3.8, 4) is 0 Å². The number of rotatable bonds is 4. The summed E-state index contributed by atoms with van der Waals surface area (Å²) in [5.41, 5.74) is 0.0223. The average Bonchev–Trinajstić information content (AvgIpc) is 2.80. The van der Waals surface area contributed by atoms with Crippen molar-refractivity contribution in [2.75, 3.05) is 7.11 Å². The molecule has 2 rings (SSSR count). The van der Waals surface area contributed by atoms with Crippen molar-refractivity contribution in [2.45, 2.75) is 13.0 Å². The zero-order valence-corrected chi connectivity index (χ0v) is 13.0. The standard InChI is InChI=1S/C14H12N2O6S/c1-8(13(18)22-2)15-12(17)11(23-14(15)19)7-9-5-3-4-6-10(9)16(20)21/h3-8H,1-2H3/b11-7+/t8-/m0/s1. The SMILES string of the molecule is COC(=O)[C@H](C)N1C(=O)S/C(=C/c2ccccc2[N+](=O)[O-])C1=O. The van der Waals surface area contributed by atoms with Crippen molar-refractivity contribution in [3.63, 3.8) is 0 Å². The second kappa shape index (κ2) is 6.61. The molecule has 1 atom stereocenters. The second-order valence-corrected chi connectivity index (χ2v) is 5.56. The highest BCUT2D eigenvalue weighted by Gasteiger charge is 2.41. The fourth-order valence-corrected chi connectivity index (χ4v) is 2.91. The van der Waals surface area contributed by atoms with E-state index < -0.39 is 28.1 Å². The van der Waals surface area contributed by atoms with E-state index in [2.05, 4.69) is 4.74 Å². The Kier molecular flexibility index (Phi) is 4.80.